The minimum Gasteiger partial charge on any atom is -0.497 e. The predicted octanol–water partition coefficient (Wildman–Crippen LogP) is 5.57. The van der Waals surface area contributed by atoms with Crippen molar-refractivity contribution in [1.29, 1.82) is 0 Å². The summed E-state index contributed by atoms with van der Waals surface area (Å²) in [5, 5.41) is 5.05. The van der Waals surface area contributed by atoms with Crippen LogP contribution in [0.25, 0.3) is 10.8 Å². The summed E-state index contributed by atoms with van der Waals surface area (Å²) in [5.74, 6) is 1.16. The summed E-state index contributed by atoms with van der Waals surface area (Å²) in [7, 11) is 1.60. The summed E-state index contributed by atoms with van der Waals surface area (Å²) in [6.07, 6.45) is 0.485. The number of carbonyl (C=O) groups is 2. The molecule has 0 heterocycles. The summed E-state index contributed by atoms with van der Waals surface area (Å²) in [5.41, 5.74) is 0.875. The van der Waals surface area contributed by atoms with E-state index in [2.05, 4.69) is 21.2 Å². The predicted molar refractivity (Wildman–Crippen MR) is 143 cm³/mol. The van der Waals surface area contributed by atoms with E-state index in [-0.39, 0.29) is 25.0 Å². The van der Waals surface area contributed by atoms with Crippen LogP contribution in [0.5, 0.6) is 11.5 Å². The number of halogens is 1. The van der Waals surface area contributed by atoms with E-state index in [0.29, 0.717) is 30.4 Å². The van der Waals surface area contributed by atoms with E-state index >= 15 is 0 Å². The van der Waals surface area contributed by atoms with Crippen LogP contribution in [0.3, 0.4) is 0 Å². The van der Waals surface area contributed by atoms with Crippen molar-refractivity contribution in [1.82, 2.24) is 10.2 Å². The average molecular weight is 541 g/mol. The minimum atomic E-state index is -0.615. The monoisotopic (exact) mass is 540 g/mol. The number of carbonyl (C=O) groups excluding carboxylic acids is 2. The second-order valence-electron chi connectivity index (χ2n) is 8.82. The highest BCUT2D eigenvalue weighted by atomic mass is 79.9. The van der Waals surface area contributed by atoms with Gasteiger partial charge in [0.1, 0.15) is 17.5 Å². The first-order chi connectivity index (χ1) is 16.8. The van der Waals surface area contributed by atoms with Crippen LogP contribution in [0.4, 0.5) is 0 Å². The van der Waals surface area contributed by atoms with Gasteiger partial charge in [0.2, 0.25) is 5.91 Å². The second-order valence-corrected chi connectivity index (χ2v) is 9.62. The first kappa shape index (κ1) is 26.5. The number of benzene rings is 3. The number of nitrogens with one attached hydrogen (secondary N) is 1. The minimum absolute atomic E-state index is 0.163. The van der Waals surface area contributed by atoms with Crippen molar-refractivity contribution in [2.45, 2.75) is 39.8 Å². The number of hydrogen-bond donors (Lipinski definition) is 1. The Balaban J connectivity index is 1.83. The molecule has 0 aliphatic carbocycles. The highest BCUT2D eigenvalue weighted by Crippen LogP contribution is 2.33. The van der Waals surface area contributed by atoms with E-state index < -0.39 is 6.04 Å². The maximum atomic E-state index is 13.5. The lowest BCUT2D eigenvalue weighted by Gasteiger charge is -2.31. The van der Waals surface area contributed by atoms with Crippen LogP contribution in [-0.4, -0.2) is 43.0 Å². The fourth-order valence-electron chi connectivity index (χ4n) is 3.86. The van der Waals surface area contributed by atoms with Gasteiger partial charge in [-0.05, 0) is 62.8 Å². The molecule has 0 fully saturated rings. The zero-order valence-corrected chi connectivity index (χ0v) is 22.3. The van der Waals surface area contributed by atoms with E-state index in [9.17, 15) is 9.59 Å². The van der Waals surface area contributed by atoms with Crippen LogP contribution in [0.1, 0.15) is 32.8 Å². The number of ether oxygens (including phenoxy) is 2. The van der Waals surface area contributed by atoms with E-state index in [1.54, 1.807) is 12.0 Å². The molecule has 0 spiro atoms. The van der Waals surface area contributed by atoms with Crippen molar-refractivity contribution in [2.24, 2.45) is 5.92 Å². The number of hydrogen-bond acceptors (Lipinski definition) is 4. The fraction of sp³-hybridized carbons (Fsp3) is 0.357. The Labute approximate surface area is 215 Å². The zero-order chi connectivity index (χ0) is 25.4. The van der Waals surface area contributed by atoms with Gasteiger partial charge in [0.05, 0.1) is 11.6 Å². The quantitative estimate of drug-likeness (QED) is 0.345. The molecule has 0 radical (unpaired) electrons. The smallest absolute Gasteiger partial charge is 0.261 e. The third kappa shape index (κ3) is 6.98. The van der Waals surface area contributed by atoms with Crippen LogP contribution >= 0.6 is 15.9 Å². The summed E-state index contributed by atoms with van der Waals surface area (Å²) < 4.78 is 12.1. The van der Waals surface area contributed by atoms with E-state index in [4.69, 9.17) is 9.47 Å². The molecule has 0 saturated carbocycles. The van der Waals surface area contributed by atoms with Crippen LogP contribution in [0.2, 0.25) is 0 Å². The van der Waals surface area contributed by atoms with Crippen molar-refractivity contribution in [2.75, 3.05) is 20.3 Å². The lowest BCUT2D eigenvalue weighted by atomic mass is 10.1. The summed E-state index contributed by atoms with van der Waals surface area (Å²) >= 11 is 3.61. The van der Waals surface area contributed by atoms with Crippen molar-refractivity contribution < 1.29 is 19.1 Å². The third-order valence-corrected chi connectivity index (χ3v) is 6.55. The van der Waals surface area contributed by atoms with Crippen molar-refractivity contribution in [3.05, 3.63) is 70.7 Å². The second kappa shape index (κ2) is 12.6. The summed E-state index contributed by atoms with van der Waals surface area (Å²) in [4.78, 5) is 28.1. The first-order valence-corrected chi connectivity index (χ1v) is 12.6. The molecule has 1 atom stereocenters. The topological polar surface area (TPSA) is 67.9 Å². The van der Waals surface area contributed by atoms with Gasteiger partial charge in [0.15, 0.2) is 6.61 Å². The average Bonchev–Trinajstić information content (AvgIpc) is 2.87. The summed E-state index contributed by atoms with van der Waals surface area (Å²) in [6.45, 7) is 6.62. The molecule has 3 aromatic rings. The Hall–Kier alpha value is -3.06. The number of rotatable bonds is 11. The van der Waals surface area contributed by atoms with Crippen LogP contribution in [-0.2, 0) is 16.1 Å². The van der Waals surface area contributed by atoms with Crippen molar-refractivity contribution >= 4 is 38.5 Å². The van der Waals surface area contributed by atoms with Crippen LogP contribution in [0.15, 0.2) is 65.1 Å². The molecule has 3 aromatic carbocycles. The largest absolute Gasteiger partial charge is 0.497 e. The Kier molecular flexibility index (Phi) is 9.55. The SMILES string of the molecule is CC[C@H](C(=O)NCC(C)C)N(Cc1cccc(OC)c1)C(=O)COc1ccc2ccccc2c1Br. The van der Waals surface area contributed by atoms with Gasteiger partial charge < -0.3 is 19.7 Å². The molecule has 0 aliphatic rings. The zero-order valence-electron chi connectivity index (χ0n) is 20.7. The van der Waals surface area contributed by atoms with E-state index in [0.717, 1.165) is 20.8 Å². The van der Waals surface area contributed by atoms with Gasteiger partial charge in [-0.1, -0.05) is 63.2 Å². The Morgan fingerprint density at radius 3 is 2.54 bits per heavy atom. The van der Waals surface area contributed by atoms with Crippen molar-refractivity contribution in [3.63, 3.8) is 0 Å². The molecule has 6 nitrogen and oxygen atoms in total. The third-order valence-electron chi connectivity index (χ3n) is 5.74. The van der Waals surface area contributed by atoms with E-state index in [1.807, 2.05) is 81.4 Å². The summed E-state index contributed by atoms with van der Waals surface area (Å²) in [6, 6.07) is 18.7. The van der Waals surface area contributed by atoms with Gasteiger partial charge in [0, 0.05) is 13.1 Å². The lowest BCUT2D eigenvalue weighted by Crippen LogP contribution is -2.50. The first-order valence-electron chi connectivity index (χ1n) is 11.8. The van der Waals surface area contributed by atoms with Gasteiger partial charge in [-0.3, -0.25) is 9.59 Å². The highest BCUT2D eigenvalue weighted by molar-refractivity contribution is 9.10. The van der Waals surface area contributed by atoms with Gasteiger partial charge in [-0.15, -0.1) is 0 Å². The molecule has 0 aliphatic heterocycles. The van der Waals surface area contributed by atoms with E-state index in [1.165, 1.54) is 0 Å². The van der Waals surface area contributed by atoms with Crippen LogP contribution < -0.4 is 14.8 Å². The molecule has 186 valence electrons. The normalized spacial score (nSPS) is 11.8. The molecule has 1 N–H and O–H groups in total. The maximum Gasteiger partial charge on any atom is 0.261 e. The molecular formula is C28H33BrN2O4. The molecule has 0 unspecified atom stereocenters. The highest BCUT2D eigenvalue weighted by Gasteiger charge is 2.29. The van der Waals surface area contributed by atoms with Gasteiger partial charge in [-0.25, -0.2) is 0 Å². The van der Waals surface area contributed by atoms with Gasteiger partial charge >= 0.3 is 0 Å². The Bertz CT molecular complexity index is 1160. The number of amides is 2. The lowest BCUT2D eigenvalue weighted by molar-refractivity contribution is -0.143. The molecule has 35 heavy (non-hydrogen) atoms. The molecule has 2 amide bonds. The molecule has 3 rings (SSSR count). The molecular weight excluding hydrogens is 508 g/mol. The standard InChI is InChI=1S/C28H33BrN2O4/c1-5-24(28(33)30-16-19(2)3)31(17-20-9-8-11-22(15-20)34-4)26(32)18-35-25-14-13-21-10-6-7-12-23(21)27(25)29/h6-15,19,24H,5,16-18H2,1-4H3,(H,30,33)/t24-/m1/s1. The molecule has 7 heteroatoms. The van der Waals surface area contributed by atoms with Gasteiger partial charge in [-0.2, -0.15) is 0 Å². The van der Waals surface area contributed by atoms with Crippen LogP contribution in [0, 0.1) is 5.92 Å². The van der Waals surface area contributed by atoms with Gasteiger partial charge in [0.25, 0.3) is 5.91 Å². The number of methoxy groups -OCH3 is 1. The Morgan fingerprint density at radius 1 is 1.06 bits per heavy atom. The molecule has 0 saturated heterocycles. The van der Waals surface area contributed by atoms with Crippen molar-refractivity contribution in [3.8, 4) is 11.5 Å². The fourth-order valence-corrected chi connectivity index (χ4v) is 4.46. The number of fused-ring (bicyclic) bond motifs is 1. The molecule has 0 aromatic heterocycles. The molecule has 0 bridgehead atoms. The maximum absolute atomic E-state index is 13.5. The Morgan fingerprint density at radius 2 is 1.83 bits per heavy atom. The number of nitrogens with zero attached hydrogens (tertiary/aromatic N) is 1.